The lowest BCUT2D eigenvalue weighted by atomic mass is 10.1. The van der Waals surface area contributed by atoms with E-state index in [0.717, 1.165) is 29.8 Å². The lowest BCUT2D eigenvalue weighted by molar-refractivity contribution is 0.580. The molecule has 144 valence electrons. The molecule has 0 aliphatic rings. The van der Waals surface area contributed by atoms with Crippen molar-refractivity contribution in [3.63, 3.8) is 0 Å². The van der Waals surface area contributed by atoms with Crippen molar-refractivity contribution in [2.75, 3.05) is 23.8 Å². The van der Waals surface area contributed by atoms with Crippen LogP contribution in [0.3, 0.4) is 0 Å². The van der Waals surface area contributed by atoms with Gasteiger partial charge in [0.2, 0.25) is 0 Å². The van der Waals surface area contributed by atoms with Crippen LogP contribution in [-0.2, 0) is 13.6 Å². The average Bonchev–Trinajstić information content (AvgIpc) is 3.29. The van der Waals surface area contributed by atoms with Crippen molar-refractivity contribution < 1.29 is 8.81 Å². The summed E-state index contributed by atoms with van der Waals surface area (Å²) >= 11 is 0. The standard InChI is InChI=1S/C19H25FN6O/c1-4-5-6-9-25(2)17-8-7-16(20)10-14(17)11-21-19-24-23-18(27-19)15-12-22-26(3)13-15/h7-8,10,12-13H,4-6,9,11H2,1-3H3,(H,21,24). The van der Waals surface area contributed by atoms with Gasteiger partial charge >= 0.3 is 6.01 Å². The van der Waals surface area contributed by atoms with Crippen LogP contribution in [0.2, 0.25) is 0 Å². The minimum Gasteiger partial charge on any atom is -0.403 e. The topological polar surface area (TPSA) is 72.0 Å². The lowest BCUT2D eigenvalue weighted by Gasteiger charge is -2.22. The summed E-state index contributed by atoms with van der Waals surface area (Å²) in [7, 11) is 3.85. The molecule has 0 saturated heterocycles. The van der Waals surface area contributed by atoms with Crippen LogP contribution in [0.1, 0.15) is 31.7 Å². The number of benzene rings is 1. The van der Waals surface area contributed by atoms with Crippen LogP contribution >= 0.6 is 0 Å². The second kappa shape index (κ2) is 8.66. The van der Waals surface area contributed by atoms with E-state index < -0.39 is 0 Å². The molecule has 7 nitrogen and oxygen atoms in total. The molecular formula is C19H25FN6O. The van der Waals surface area contributed by atoms with Crippen LogP contribution in [-0.4, -0.2) is 33.6 Å². The Kier molecular flexibility index (Phi) is 6.05. The van der Waals surface area contributed by atoms with Crippen LogP contribution in [0.4, 0.5) is 16.1 Å². The number of aryl methyl sites for hydroxylation is 1. The molecule has 0 bridgehead atoms. The molecule has 2 heterocycles. The van der Waals surface area contributed by atoms with Gasteiger partial charge in [-0.05, 0) is 30.2 Å². The second-order valence-electron chi connectivity index (χ2n) is 6.57. The molecule has 0 fully saturated rings. The molecular weight excluding hydrogens is 347 g/mol. The quantitative estimate of drug-likeness (QED) is 0.575. The monoisotopic (exact) mass is 372 g/mol. The van der Waals surface area contributed by atoms with E-state index in [1.165, 1.54) is 25.0 Å². The molecule has 0 atom stereocenters. The van der Waals surface area contributed by atoms with Gasteiger partial charge in [-0.25, -0.2) is 4.39 Å². The van der Waals surface area contributed by atoms with Crippen LogP contribution in [0, 0.1) is 5.82 Å². The molecule has 8 heteroatoms. The number of hydrogen-bond donors (Lipinski definition) is 1. The SMILES string of the molecule is CCCCCN(C)c1ccc(F)cc1CNc1nnc(-c2cnn(C)c2)o1. The van der Waals surface area contributed by atoms with Gasteiger partial charge in [0.15, 0.2) is 0 Å². The van der Waals surface area contributed by atoms with Crippen molar-refractivity contribution >= 4 is 11.7 Å². The highest BCUT2D eigenvalue weighted by atomic mass is 19.1. The number of aromatic nitrogens is 4. The van der Waals surface area contributed by atoms with Gasteiger partial charge in [0.05, 0.1) is 11.8 Å². The van der Waals surface area contributed by atoms with E-state index in [1.807, 2.05) is 20.2 Å². The van der Waals surface area contributed by atoms with Crippen LogP contribution in [0.5, 0.6) is 0 Å². The summed E-state index contributed by atoms with van der Waals surface area (Å²) in [6.45, 7) is 3.50. The van der Waals surface area contributed by atoms with Gasteiger partial charge in [0.25, 0.3) is 5.89 Å². The molecule has 1 aromatic carbocycles. The van der Waals surface area contributed by atoms with Crippen molar-refractivity contribution in [2.45, 2.75) is 32.7 Å². The maximum atomic E-state index is 13.8. The van der Waals surface area contributed by atoms with Crippen LogP contribution in [0.15, 0.2) is 35.0 Å². The van der Waals surface area contributed by atoms with Crippen molar-refractivity contribution in [1.82, 2.24) is 20.0 Å². The second-order valence-corrected chi connectivity index (χ2v) is 6.57. The number of halogens is 1. The molecule has 0 saturated carbocycles. The van der Waals surface area contributed by atoms with Gasteiger partial charge in [0, 0.05) is 39.1 Å². The summed E-state index contributed by atoms with van der Waals surface area (Å²) in [4.78, 5) is 2.15. The highest BCUT2D eigenvalue weighted by molar-refractivity contribution is 5.54. The Labute approximate surface area is 158 Å². The molecule has 3 rings (SSSR count). The normalized spacial score (nSPS) is 11.0. The number of anilines is 2. The third-order valence-corrected chi connectivity index (χ3v) is 4.36. The zero-order valence-electron chi connectivity index (χ0n) is 15.9. The molecule has 1 N–H and O–H groups in total. The maximum Gasteiger partial charge on any atom is 0.316 e. The summed E-state index contributed by atoms with van der Waals surface area (Å²) in [6, 6.07) is 5.13. The molecule has 27 heavy (non-hydrogen) atoms. The number of nitrogens with zero attached hydrogens (tertiary/aromatic N) is 5. The smallest absolute Gasteiger partial charge is 0.316 e. The van der Waals surface area contributed by atoms with Gasteiger partial charge in [0.1, 0.15) is 5.82 Å². The zero-order chi connectivity index (χ0) is 19.2. The maximum absolute atomic E-state index is 13.8. The molecule has 2 aromatic heterocycles. The van der Waals surface area contributed by atoms with Crippen molar-refractivity contribution in [2.24, 2.45) is 7.05 Å². The molecule has 0 radical (unpaired) electrons. The van der Waals surface area contributed by atoms with Crippen LogP contribution in [0.25, 0.3) is 11.5 Å². The summed E-state index contributed by atoms with van der Waals surface area (Å²) < 4.78 is 21.1. The van der Waals surface area contributed by atoms with Crippen molar-refractivity contribution in [3.05, 3.63) is 42.0 Å². The van der Waals surface area contributed by atoms with E-state index in [0.29, 0.717) is 12.4 Å². The Bertz CT molecular complexity index is 875. The predicted octanol–water partition coefficient (Wildman–Crippen LogP) is 3.85. The third kappa shape index (κ3) is 4.84. The minimum atomic E-state index is -0.265. The molecule has 0 spiro atoms. The van der Waals surface area contributed by atoms with Gasteiger partial charge in [-0.2, -0.15) is 5.10 Å². The van der Waals surface area contributed by atoms with Gasteiger partial charge in [-0.15, -0.1) is 5.10 Å². The molecule has 0 aliphatic heterocycles. The largest absolute Gasteiger partial charge is 0.403 e. The lowest BCUT2D eigenvalue weighted by Crippen LogP contribution is -2.20. The molecule has 0 unspecified atom stereocenters. The Hall–Kier alpha value is -2.90. The Morgan fingerprint density at radius 2 is 2.11 bits per heavy atom. The van der Waals surface area contributed by atoms with Crippen LogP contribution < -0.4 is 10.2 Å². The van der Waals surface area contributed by atoms with Gasteiger partial charge in [-0.3, -0.25) is 4.68 Å². The highest BCUT2D eigenvalue weighted by Crippen LogP contribution is 2.24. The van der Waals surface area contributed by atoms with E-state index in [4.69, 9.17) is 4.42 Å². The Morgan fingerprint density at radius 3 is 2.85 bits per heavy atom. The third-order valence-electron chi connectivity index (χ3n) is 4.36. The highest BCUT2D eigenvalue weighted by Gasteiger charge is 2.12. The van der Waals surface area contributed by atoms with E-state index in [9.17, 15) is 4.39 Å². The van der Waals surface area contributed by atoms with E-state index >= 15 is 0 Å². The van der Waals surface area contributed by atoms with Crippen molar-refractivity contribution in [1.29, 1.82) is 0 Å². The molecule has 0 aliphatic carbocycles. The van der Waals surface area contributed by atoms with E-state index in [2.05, 4.69) is 32.4 Å². The zero-order valence-corrected chi connectivity index (χ0v) is 15.9. The van der Waals surface area contributed by atoms with Crippen molar-refractivity contribution in [3.8, 4) is 11.5 Å². The minimum absolute atomic E-state index is 0.265. The molecule has 0 amide bonds. The Morgan fingerprint density at radius 1 is 1.26 bits per heavy atom. The number of hydrogen-bond acceptors (Lipinski definition) is 6. The first-order valence-electron chi connectivity index (χ1n) is 9.12. The summed E-state index contributed by atoms with van der Waals surface area (Å²) in [6.07, 6.45) is 6.91. The predicted molar refractivity (Wildman–Crippen MR) is 103 cm³/mol. The van der Waals surface area contributed by atoms with Gasteiger partial charge in [-0.1, -0.05) is 24.9 Å². The first-order chi connectivity index (χ1) is 13.1. The summed E-state index contributed by atoms with van der Waals surface area (Å²) in [5, 5.41) is 15.2. The Balaban J connectivity index is 1.68. The van der Waals surface area contributed by atoms with Gasteiger partial charge < -0.3 is 14.6 Å². The first-order valence-corrected chi connectivity index (χ1v) is 9.12. The van der Waals surface area contributed by atoms with E-state index in [1.54, 1.807) is 17.1 Å². The fourth-order valence-corrected chi connectivity index (χ4v) is 2.90. The average molecular weight is 372 g/mol. The summed E-state index contributed by atoms with van der Waals surface area (Å²) in [5.74, 6) is 0.126. The fraction of sp³-hybridized carbons (Fsp3) is 0.421. The number of nitrogens with one attached hydrogen (secondary N) is 1. The number of unbranched alkanes of at least 4 members (excludes halogenated alkanes) is 2. The fourth-order valence-electron chi connectivity index (χ4n) is 2.90. The first kappa shape index (κ1) is 18.9. The van der Waals surface area contributed by atoms with E-state index in [-0.39, 0.29) is 11.8 Å². The summed E-state index contributed by atoms with van der Waals surface area (Å²) in [5.41, 5.74) is 2.59. The number of rotatable bonds is 9. The molecule has 3 aromatic rings.